The third-order valence-electron chi connectivity index (χ3n) is 2.61. The van der Waals surface area contributed by atoms with Gasteiger partial charge in [0.1, 0.15) is 12.4 Å². The number of nitrogens with zero attached hydrogens (tertiary/aromatic N) is 1. The molecule has 0 radical (unpaired) electrons. The lowest BCUT2D eigenvalue weighted by atomic mass is 10.1. The Morgan fingerprint density at radius 3 is 2.75 bits per heavy atom. The van der Waals surface area contributed by atoms with Crippen LogP contribution in [0, 0.1) is 5.92 Å². The molecule has 0 fully saturated rings. The Hall–Kier alpha value is -1.51. The lowest BCUT2D eigenvalue weighted by molar-refractivity contribution is 0.264. The molecule has 0 bridgehead atoms. The Balaban J connectivity index is 1.86. The smallest absolute Gasteiger partial charge is 0.222 e. The summed E-state index contributed by atoms with van der Waals surface area (Å²) in [6.45, 7) is 5.41. The minimum Gasteiger partial charge on any atom is -0.484 e. The molecule has 0 saturated carbocycles. The molecule has 0 saturated heterocycles. The summed E-state index contributed by atoms with van der Waals surface area (Å²) in [6, 6.07) is 10.00. The van der Waals surface area contributed by atoms with Crippen LogP contribution in [0.1, 0.15) is 13.8 Å². The molecule has 0 aliphatic carbocycles. The van der Waals surface area contributed by atoms with Crippen LogP contribution in [0.3, 0.4) is 0 Å². The van der Waals surface area contributed by atoms with Gasteiger partial charge < -0.3 is 9.47 Å². The monoisotopic (exact) mass is 219 g/mol. The summed E-state index contributed by atoms with van der Waals surface area (Å²) < 4.78 is 11.0. The van der Waals surface area contributed by atoms with Crippen LogP contribution in [0.25, 0.3) is 0 Å². The Kier molecular flexibility index (Phi) is 3.44. The van der Waals surface area contributed by atoms with Crippen molar-refractivity contribution in [2.45, 2.75) is 19.9 Å². The fourth-order valence-electron chi connectivity index (χ4n) is 1.52. The van der Waals surface area contributed by atoms with E-state index >= 15 is 0 Å². The third-order valence-corrected chi connectivity index (χ3v) is 2.61. The van der Waals surface area contributed by atoms with E-state index in [1.165, 1.54) is 0 Å². The molecule has 0 amide bonds. The molecule has 0 spiro atoms. The van der Waals surface area contributed by atoms with Gasteiger partial charge in [0.25, 0.3) is 0 Å². The number of rotatable bonds is 4. The number of para-hydroxylation sites is 1. The predicted molar refractivity (Wildman–Crippen MR) is 64.0 cm³/mol. The van der Waals surface area contributed by atoms with Crippen molar-refractivity contribution < 1.29 is 9.47 Å². The molecule has 0 aromatic heterocycles. The summed E-state index contributed by atoms with van der Waals surface area (Å²) in [6.07, 6.45) is 0. The molecule has 1 aromatic carbocycles. The molecule has 0 N–H and O–H groups in total. The van der Waals surface area contributed by atoms with Crippen molar-refractivity contribution in [3.8, 4) is 5.75 Å². The summed E-state index contributed by atoms with van der Waals surface area (Å²) in [7, 11) is 0. The van der Waals surface area contributed by atoms with Gasteiger partial charge in [0.2, 0.25) is 5.90 Å². The van der Waals surface area contributed by atoms with E-state index in [1.807, 2.05) is 30.3 Å². The van der Waals surface area contributed by atoms with Gasteiger partial charge in [-0.1, -0.05) is 32.0 Å². The highest BCUT2D eigenvalue weighted by Gasteiger charge is 2.21. The fourth-order valence-corrected chi connectivity index (χ4v) is 1.52. The second-order valence-corrected chi connectivity index (χ2v) is 4.25. The average molecular weight is 219 g/mol. The maximum absolute atomic E-state index is 5.56. The molecule has 0 unspecified atom stereocenters. The molecular weight excluding hydrogens is 202 g/mol. The van der Waals surface area contributed by atoms with Crippen molar-refractivity contribution in [3.63, 3.8) is 0 Å². The van der Waals surface area contributed by atoms with E-state index in [-0.39, 0.29) is 6.04 Å². The highest BCUT2D eigenvalue weighted by Crippen LogP contribution is 2.14. The second-order valence-electron chi connectivity index (χ2n) is 4.25. The maximum atomic E-state index is 5.56. The molecule has 1 atom stereocenters. The van der Waals surface area contributed by atoms with Crippen molar-refractivity contribution in [1.29, 1.82) is 0 Å². The number of ether oxygens (including phenoxy) is 2. The van der Waals surface area contributed by atoms with Gasteiger partial charge in [0.05, 0.1) is 6.04 Å². The van der Waals surface area contributed by atoms with Gasteiger partial charge in [-0.2, -0.15) is 0 Å². The van der Waals surface area contributed by atoms with E-state index in [0.29, 0.717) is 25.0 Å². The summed E-state index contributed by atoms with van der Waals surface area (Å²) >= 11 is 0. The van der Waals surface area contributed by atoms with E-state index in [9.17, 15) is 0 Å². The van der Waals surface area contributed by atoms with Crippen LogP contribution in [-0.4, -0.2) is 25.2 Å². The molecular formula is C13H17NO2. The van der Waals surface area contributed by atoms with Gasteiger partial charge in [0.15, 0.2) is 6.61 Å². The largest absolute Gasteiger partial charge is 0.484 e. The highest BCUT2D eigenvalue weighted by molar-refractivity contribution is 5.79. The number of hydrogen-bond acceptors (Lipinski definition) is 3. The predicted octanol–water partition coefficient (Wildman–Crippen LogP) is 2.52. The van der Waals surface area contributed by atoms with Crippen LogP contribution in [0.5, 0.6) is 5.75 Å². The van der Waals surface area contributed by atoms with Crippen LogP contribution in [-0.2, 0) is 4.74 Å². The van der Waals surface area contributed by atoms with Crippen molar-refractivity contribution >= 4 is 5.90 Å². The minimum absolute atomic E-state index is 0.286. The van der Waals surface area contributed by atoms with Crippen LogP contribution in [0.15, 0.2) is 35.3 Å². The van der Waals surface area contributed by atoms with Gasteiger partial charge in [-0.25, -0.2) is 4.99 Å². The standard InChI is InChI=1S/C13H17NO2/c1-10(2)12-8-16-13(14-12)9-15-11-6-4-3-5-7-11/h3-7,10,12H,8-9H2,1-2H3/t12-/m0/s1. The topological polar surface area (TPSA) is 30.8 Å². The summed E-state index contributed by atoms with van der Waals surface area (Å²) in [5.41, 5.74) is 0. The van der Waals surface area contributed by atoms with Gasteiger partial charge in [-0.3, -0.25) is 0 Å². The minimum atomic E-state index is 0.286. The summed E-state index contributed by atoms with van der Waals surface area (Å²) in [4.78, 5) is 4.47. The second kappa shape index (κ2) is 5.01. The number of hydrogen-bond donors (Lipinski definition) is 0. The Bertz CT molecular complexity index is 359. The lowest BCUT2D eigenvalue weighted by Gasteiger charge is -2.06. The van der Waals surface area contributed by atoms with E-state index < -0.39 is 0 Å². The van der Waals surface area contributed by atoms with Crippen molar-refractivity contribution in [1.82, 2.24) is 0 Å². The first-order valence-electron chi connectivity index (χ1n) is 5.63. The molecule has 1 aliphatic rings. The SMILES string of the molecule is CC(C)[C@@H]1COC(COc2ccccc2)=N1. The zero-order valence-electron chi connectivity index (χ0n) is 9.72. The molecule has 16 heavy (non-hydrogen) atoms. The van der Waals surface area contributed by atoms with Gasteiger partial charge in [0, 0.05) is 0 Å². The van der Waals surface area contributed by atoms with Gasteiger partial charge in [-0.15, -0.1) is 0 Å². The van der Waals surface area contributed by atoms with Gasteiger partial charge >= 0.3 is 0 Å². The Morgan fingerprint density at radius 2 is 2.12 bits per heavy atom. The molecule has 3 heteroatoms. The van der Waals surface area contributed by atoms with Crippen molar-refractivity contribution in [2.75, 3.05) is 13.2 Å². The molecule has 86 valence electrons. The lowest BCUT2D eigenvalue weighted by Crippen LogP contribution is -2.13. The molecule has 1 heterocycles. The fraction of sp³-hybridized carbons (Fsp3) is 0.462. The van der Waals surface area contributed by atoms with Crippen LogP contribution in [0.2, 0.25) is 0 Å². The normalized spacial score (nSPS) is 19.4. The maximum Gasteiger partial charge on any atom is 0.222 e. The van der Waals surface area contributed by atoms with Crippen LogP contribution < -0.4 is 4.74 Å². The van der Waals surface area contributed by atoms with Crippen LogP contribution >= 0.6 is 0 Å². The first-order chi connectivity index (χ1) is 7.75. The molecule has 3 nitrogen and oxygen atoms in total. The average Bonchev–Trinajstić information content (AvgIpc) is 2.76. The zero-order chi connectivity index (χ0) is 11.4. The Morgan fingerprint density at radius 1 is 1.38 bits per heavy atom. The Labute approximate surface area is 96.1 Å². The quantitative estimate of drug-likeness (QED) is 0.779. The first kappa shape index (κ1) is 11.0. The highest BCUT2D eigenvalue weighted by atomic mass is 16.5. The van der Waals surface area contributed by atoms with E-state index in [1.54, 1.807) is 0 Å². The number of benzene rings is 1. The summed E-state index contributed by atoms with van der Waals surface area (Å²) in [5, 5.41) is 0. The van der Waals surface area contributed by atoms with E-state index in [2.05, 4.69) is 18.8 Å². The molecule has 1 aromatic rings. The zero-order valence-corrected chi connectivity index (χ0v) is 9.72. The molecule has 2 rings (SSSR count). The van der Waals surface area contributed by atoms with E-state index in [4.69, 9.17) is 9.47 Å². The third kappa shape index (κ3) is 2.75. The van der Waals surface area contributed by atoms with Crippen LogP contribution in [0.4, 0.5) is 0 Å². The molecule has 1 aliphatic heterocycles. The van der Waals surface area contributed by atoms with E-state index in [0.717, 1.165) is 5.75 Å². The van der Waals surface area contributed by atoms with Crippen molar-refractivity contribution in [2.24, 2.45) is 10.9 Å². The van der Waals surface area contributed by atoms with Gasteiger partial charge in [-0.05, 0) is 18.1 Å². The first-order valence-corrected chi connectivity index (χ1v) is 5.63. The number of aliphatic imine (C=N–C) groups is 1. The van der Waals surface area contributed by atoms with Crippen molar-refractivity contribution in [3.05, 3.63) is 30.3 Å². The summed E-state index contributed by atoms with van der Waals surface area (Å²) in [5.74, 6) is 2.08.